The first-order valence-corrected chi connectivity index (χ1v) is 6.19. The molecule has 0 aliphatic heterocycles. The maximum atomic E-state index is 11.6. The number of nitrogens with zero attached hydrogens (tertiary/aromatic N) is 1. The molecule has 0 fully saturated rings. The van der Waals surface area contributed by atoms with Crippen LogP contribution < -0.4 is 10.2 Å². The molecule has 98 valence electrons. The second kappa shape index (κ2) is 6.79. The van der Waals surface area contributed by atoms with E-state index in [0.29, 0.717) is 18.7 Å². The topological polar surface area (TPSA) is 49.4 Å². The lowest BCUT2D eigenvalue weighted by molar-refractivity contribution is -0.119. The van der Waals surface area contributed by atoms with Crippen molar-refractivity contribution < 1.29 is 9.59 Å². The molecule has 0 aromatic heterocycles. The Morgan fingerprint density at radius 3 is 2.61 bits per heavy atom. The summed E-state index contributed by atoms with van der Waals surface area (Å²) in [5.41, 5.74) is 2.66. The predicted molar refractivity (Wildman–Crippen MR) is 73.1 cm³/mol. The van der Waals surface area contributed by atoms with Gasteiger partial charge in [-0.25, -0.2) is 0 Å². The van der Waals surface area contributed by atoms with Gasteiger partial charge >= 0.3 is 0 Å². The molecular weight excluding hydrogens is 228 g/mol. The van der Waals surface area contributed by atoms with Gasteiger partial charge in [0.1, 0.15) is 6.29 Å². The van der Waals surface area contributed by atoms with Crippen LogP contribution in [0.4, 0.5) is 5.69 Å². The third-order valence-corrected chi connectivity index (χ3v) is 2.79. The number of aryl methyl sites for hydroxylation is 1. The number of carbonyl (C=O) groups is 2. The van der Waals surface area contributed by atoms with Crippen molar-refractivity contribution in [3.8, 4) is 0 Å². The number of anilines is 1. The quantitative estimate of drug-likeness (QED) is 0.781. The Morgan fingerprint density at radius 2 is 2.11 bits per heavy atom. The molecule has 0 bridgehead atoms. The van der Waals surface area contributed by atoms with Gasteiger partial charge in [0.15, 0.2) is 0 Å². The molecule has 1 N–H and O–H groups in total. The molecule has 0 radical (unpaired) electrons. The molecule has 0 heterocycles. The number of hydrogen-bond donors (Lipinski definition) is 1. The van der Waals surface area contributed by atoms with E-state index < -0.39 is 0 Å². The highest BCUT2D eigenvalue weighted by molar-refractivity contribution is 5.82. The van der Waals surface area contributed by atoms with Crippen molar-refractivity contribution in [2.24, 2.45) is 0 Å². The van der Waals surface area contributed by atoms with Gasteiger partial charge in [-0.05, 0) is 44.5 Å². The molecule has 4 nitrogen and oxygen atoms in total. The molecule has 1 aromatic carbocycles. The van der Waals surface area contributed by atoms with Gasteiger partial charge in [-0.1, -0.05) is 0 Å². The Bertz CT molecular complexity index is 430. The lowest BCUT2D eigenvalue weighted by Crippen LogP contribution is -2.37. The summed E-state index contributed by atoms with van der Waals surface area (Å²) in [4.78, 5) is 24.3. The highest BCUT2D eigenvalue weighted by Crippen LogP contribution is 2.20. The van der Waals surface area contributed by atoms with E-state index in [2.05, 4.69) is 5.32 Å². The number of amides is 1. The van der Waals surface area contributed by atoms with Gasteiger partial charge in [0.05, 0.1) is 6.54 Å². The third kappa shape index (κ3) is 3.58. The number of nitrogens with one attached hydrogen (secondary N) is 1. The molecule has 0 atom stereocenters. The largest absolute Gasteiger partial charge is 0.362 e. The van der Waals surface area contributed by atoms with E-state index in [1.807, 2.05) is 37.8 Å². The van der Waals surface area contributed by atoms with Crippen molar-refractivity contribution in [1.82, 2.24) is 5.32 Å². The highest BCUT2D eigenvalue weighted by Gasteiger charge is 2.11. The average molecular weight is 248 g/mol. The van der Waals surface area contributed by atoms with E-state index in [4.69, 9.17) is 0 Å². The first-order valence-electron chi connectivity index (χ1n) is 6.19. The number of aldehydes is 1. The van der Waals surface area contributed by atoms with Crippen LogP contribution in [0.5, 0.6) is 0 Å². The summed E-state index contributed by atoms with van der Waals surface area (Å²) >= 11 is 0. The van der Waals surface area contributed by atoms with Crippen molar-refractivity contribution in [2.45, 2.75) is 20.8 Å². The van der Waals surface area contributed by atoms with Crippen LogP contribution in [0.25, 0.3) is 0 Å². The average Bonchev–Trinajstić information content (AvgIpc) is 2.36. The number of carbonyl (C=O) groups excluding carboxylic acids is 2. The zero-order valence-electron chi connectivity index (χ0n) is 11.2. The van der Waals surface area contributed by atoms with Crippen LogP contribution in [0.1, 0.15) is 29.8 Å². The molecule has 0 spiro atoms. The lowest BCUT2D eigenvalue weighted by atomic mass is 10.1. The second-order valence-electron chi connectivity index (χ2n) is 4.13. The SMILES string of the molecule is CCNC(=O)CN(CC)c1ccc(C=O)cc1C. The van der Waals surface area contributed by atoms with Crippen LogP contribution in [-0.4, -0.2) is 31.8 Å². The molecule has 1 rings (SSSR count). The summed E-state index contributed by atoms with van der Waals surface area (Å²) in [6, 6.07) is 5.50. The van der Waals surface area contributed by atoms with Gasteiger partial charge < -0.3 is 10.2 Å². The molecule has 4 heteroatoms. The van der Waals surface area contributed by atoms with Crippen LogP contribution in [-0.2, 0) is 4.79 Å². The summed E-state index contributed by atoms with van der Waals surface area (Å²) in [7, 11) is 0. The summed E-state index contributed by atoms with van der Waals surface area (Å²) in [6.07, 6.45) is 0.830. The molecule has 1 amide bonds. The second-order valence-corrected chi connectivity index (χ2v) is 4.13. The fourth-order valence-corrected chi connectivity index (χ4v) is 1.90. The molecule has 0 aliphatic carbocycles. The Hall–Kier alpha value is -1.84. The van der Waals surface area contributed by atoms with E-state index in [1.54, 1.807) is 6.07 Å². The summed E-state index contributed by atoms with van der Waals surface area (Å²) in [5.74, 6) is 0.0122. The minimum Gasteiger partial charge on any atom is -0.362 e. The minimum atomic E-state index is 0.0122. The van der Waals surface area contributed by atoms with E-state index >= 15 is 0 Å². The van der Waals surface area contributed by atoms with E-state index in [1.165, 1.54) is 0 Å². The summed E-state index contributed by atoms with van der Waals surface area (Å²) in [5, 5.41) is 2.79. The maximum absolute atomic E-state index is 11.6. The number of likely N-dealkylation sites (N-methyl/N-ethyl adjacent to an activating group) is 2. The van der Waals surface area contributed by atoms with Crippen LogP contribution in [0.3, 0.4) is 0 Å². The predicted octanol–water partition coefficient (Wildman–Crippen LogP) is 1.77. The number of rotatable bonds is 6. The first kappa shape index (κ1) is 14.2. The molecule has 18 heavy (non-hydrogen) atoms. The molecule has 0 saturated carbocycles. The number of hydrogen-bond acceptors (Lipinski definition) is 3. The van der Waals surface area contributed by atoms with Crippen molar-refractivity contribution in [2.75, 3.05) is 24.5 Å². The standard InChI is InChI=1S/C14H20N2O2/c1-4-15-14(18)9-16(5-2)13-7-6-12(10-17)8-11(13)3/h6-8,10H,4-5,9H2,1-3H3,(H,15,18). The maximum Gasteiger partial charge on any atom is 0.239 e. The Labute approximate surface area is 108 Å². The Morgan fingerprint density at radius 1 is 1.39 bits per heavy atom. The van der Waals surface area contributed by atoms with E-state index in [9.17, 15) is 9.59 Å². The van der Waals surface area contributed by atoms with Gasteiger partial charge in [0.2, 0.25) is 5.91 Å². The van der Waals surface area contributed by atoms with Crippen LogP contribution in [0, 0.1) is 6.92 Å². The fraction of sp³-hybridized carbons (Fsp3) is 0.429. The fourth-order valence-electron chi connectivity index (χ4n) is 1.90. The molecule has 0 unspecified atom stereocenters. The summed E-state index contributed by atoms with van der Waals surface area (Å²) < 4.78 is 0. The van der Waals surface area contributed by atoms with Gasteiger partial charge in [-0.2, -0.15) is 0 Å². The Balaban J connectivity index is 2.88. The molecule has 0 aliphatic rings. The van der Waals surface area contributed by atoms with Crippen molar-refractivity contribution >= 4 is 17.9 Å². The zero-order chi connectivity index (χ0) is 13.5. The van der Waals surface area contributed by atoms with Crippen molar-refractivity contribution in [3.63, 3.8) is 0 Å². The smallest absolute Gasteiger partial charge is 0.239 e. The molecule has 1 aromatic rings. The van der Waals surface area contributed by atoms with Gasteiger partial charge in [0.25, 0.3) is 0 Å². The summed E-state index contributed by atoms with van der Waals surface area (Å²) in [6.45, 7) is 7.58. The van der Waals surface area contributed by atoms with Gasteiger partial charge in [0, 0.05) is 24.3 Å². The monoisotopic (exact) mass is 248 g/mol. The normalized spacial score (nSPS) is 9.94. The first-order chi connectivity index (χ1) is 8.62. The van der Waals surface area contributed by atoms with Crippen LogP contribution in [0.15, 0.2) is 18.2 Å². The van der Waals surface area contributed by atoms with Gasteiger partial charge in [-0.3, -0.25) is 9.59 Å². The zero-order valence-corrected chi connectivity index (χ0v) is 11.2. The molecular formula is C14H20N2O2. The van der Waals surface area contributed by atoms with Crippen molar-refractivity contribution in [1.29, 1.82) is 0 Å². The van der Waals surface area contributed by atoms with Crippen LogP contribution in [0.2, 0.25) is 0 Å². The molecule has 0 saturated heterocycles. The van der Waals surface area contributed by atoms with E-state index in [0.717, 1.165) is 24.1 Å². The minimum absolute atomic E-state index is 0.0122. The third-order valence-electron chi connectivity index (χ3n) is 2.79. The van der Waals surface area contributed by atoms with E-state index in [-0.39, 0.29) is 5.91 Å². The van der Waals surface area contributed by atoms with Crippen LogP contribution >= 0.6 is 0 Å². The number of benzene rings is 1. The highest BCUT2D eigenvalue weighted by atomic mass is 16.2. The lowest BCUT2D eigenvalue weighted by Gasteiger charge is -2.24. The Kier molecular flexibility index (Phi) is 5.36. The van der Waals surface area contributed by atoms with Gasteiger partial charge in [-0.15, -0.1) is 0 Å². The van der Waals surface area contributed by atoms with Crippen molar-refractivity contribution in [3.05, 3.63) is 29.3 Å².